The predicted octanol–water partition coefficient (Wildman–Crippen LogP) is 3.30. The number of carbonyl (C=O) groups excluding carboxylic acids is 1. The van der Waals surface area contributed by atoms with Gasteiger partial charge in [-0.15, -0.1) is 0 Å². The SMILES string of the molecule is O=C(CNc1ccc(Cl)c([N+](=O)[O-])c1)NC1CCOc2ccccc21. The minimum atomic E-state index is -0.563. The number of halogens is 1. The van der Waals surface area contributed by atoms with Crippen molar-refractivity contribution >= 4 is 28.9 Å². The van der Waals surface area contributed by atoms with Crippen molar-refractivity contribution in [2.24, 2.45) is 0 Å². The largest absolute Gasteiger partial charge is 0.493 e. The molecule has 1 unspecified atom stereocenters. The van der Waals surface area contributed by atoms with Crippen molar-refractivity contribution in [3.63, 3.8) is 0 Å². The van der Waals surface area contributed by atoms with Crippen molar-refractivity contribution in [1.29, 1.82) is 0 Å². The summed E-state index contributed by atoms with van der Waals surface area (Å²) in [6.45, 7) is 0.539. The second-order valence-electron chi connectivity index (χ2n) is 5.57. The first-order valence-electron chi connectivity index (χ1n) is 7.73. The summed E-state index contributed by atoms with van der Waals surface area (Å²) in [4.78, 5) is 22.5. The quantitative estimate of drug-likeness (QED) is 0.629. The van der Waals surface area contributed by atoms with Crippen molar-refractivity contribution in [1.82, 2.24) is 5.32 Å². The topological polar surface area (TPSA) is 93.5 Å². The normalized spacial score (nSPS) is 15.6. The van der Waals surface area contributed by atoms with Crippen LogP contribution in [-0.4, -0.2) is 24.0 Å². The molecule has 130 valence electrons. The molecule has 0 spiro atoms. The van der Waals surface area contributed by atoms with Gasteiger partial charge in [-0.3, -0.25) is 14.9 Å². The van der Waals surface area contributed by atoms with E-state index in [9.17, 15) is 14.9 Å². The van der Waals surface area contributed by atoms with Crippen LogP contribution < -0.4 is 15.4 Å². The highest BCUT2D eigenvalue weighted by molar-refractivity contribution is 6.32. The third-order valence-electron chi connectivity index (χ3n) is 3.89. The van der Waals surface area contributed by atoms with Gasteiger partial charge in [-0.2, -0.15) is 0 Å². The molecule has 1 heterocycles. The number of benzene rings is 2. The summed E-state index contributed by atoms with van der Waals surface area (Å²) >= 11 is 5.77. The Hall–Kier alpha value is -2.80. The molecular formula is C17H16ClN3O4. The number of amides is 1. The van der Waals surface area contributed by atoms with E-state index in [-0.39, 0.29) is 29.2 Å². The number of ether oxygens (including phenoxy) is 1. The second-order valence-corrected chi connectivity index (χ2v) is 5.98. The first kappa shape index (κ1) is 17.0. The fourth-order valence-electron chi connectivity index (χ4n) is 2.68. The number of nitrogens with zero attached hydrogens (tertiary/aromatic N) is 1. The zero-order valence-electron chi connectivity index (χ0n) is 13.2. The highest BCUT2D eigenvalue weighted by Crippen LogP contribution is 2.31. The molecule has 0 radical (unpaired) electrons. The molecule has 2 aromatic carbocycles. The van der Waals surface area contributed by atoms with E-state index in [1.54, 1.807) is 6.07 Å². The minimum absolute atomic E-state index is 0.00168. The van der Waals surface area contributed by atoms with Crippen molar-refractivity contribution in [3.8, 4) is 5.75 Å². The summed E-state index contributed by atoms with van der Waals surface area (Å²) in [5.74, 6) is 0.569. The van der Waals surface area contributed by atoms with E-state index in [0.29, 0.717) is 18.7 Å². The van der Waals surface area contributed by atoms with E-state index >= 15 is 0 Å². The molecule has 2 aromatic rings. The average Bonchev–Trinajstić information content (AvgIpc) is 2.61. The van der Waals surface area contributed by atoms with Crippen molar-refractivity contribution < 1.29 is 14.5 Å². The van der Waals surface area contributed by atoms with Crippen molar-refractivity contribution in [2.45, 2.75) is 12.5 Å². The van der Waals surface area contributed by atoms with Gasteiger partial charge in [0.1, 0.15) is 10.8 Å². The minimum Gasteiger partial charge on any atom is -0.493 e. The number of fused-ring (bicyclic) bond motifs is 1. The molecule has 8 heteroatoms. The molecule has 2 N–H and O–H groups in total. The van der Waals surface area contributed by atoms with Crippen LogP contribution in [0.15, 0.2) is 42.5 Å². The van der Waals surface area contributed by atoms with E-state index in [1.165, 1.54) is 12.1 Å². The molecule has 3 rings (SSSR count). The van der Waals surface area contributed by atoms with E-state index in [1.807, 2.05) is 24.3 Å². The van der Waals surface area contributed by atoms with E-state index in [0.717, 1.165) is 11.3 Å². The van der Waals surface area contributed by atoms with Gasteiger partial charge in [0.15, 0.2) is 0 Å². The van der Waals surface area contributed by atoms with E-state index in [4.69, 9.17) is 16.3 Å². The number of para-hydroxylation sites is 1. The Bertz CT molecular complexity index is 812. The summed E-state index contributed by atoms with van der Waals surface area (Å²) in [7, 11) is 0. The Morgan fingerprint density at radius 2 is 2.12 bits per heavy atom. The Kier molecular flexibility index (Phi) is 5.04. The maximum atomic E-state index is 12.2. The fourth-order valence-corrected chi connectivity index (χ4v) is 2.87. The summed E-state index contributed by atoms with van der Waals surface area (Å²) in [5, 5.41) is 16.8. The number of carbonyl (C=O) groups is 1. The fraction of sp³-hybridized carbons (Fsp3) is 0.235. The lowest BCUT2D eigenvalue weighted by Crippen LogP contribution is -2.35. The van der Waals surface area contributed by atoms with E-state index < -0.39 is 4.92 Å². The maximum absolute atomic E-state index is 12.2. The van der Waals surface area contributed by atoms with Gasteiger partial charge in [0.2, 0.25) is 5.91 Å². The zero-order valence-corrected chi connectivity index (χ0v) is 14.0. The Balaban J connectivity index is 1.61. The number of rotatable bonds is 5. The molecular weight excluding hydrogens is 346 g/mol. The van der Waals surface area contributed by atoms with Gasteiger partial charge < -0.3 is 15.4 Å². The van der Waals surface area contributed by atoms with Crippen LogP contribution in [-0.2, 0) is 4.79 Å². The third kappa shape index (κ3) is 4.00. The number of hydrogen-bond donors (Lipinski definition) is 2. The van der Waals surface area contributed by atoms with Gasteiger partial charge in [0.25, 0.3) is 5.69 Å². The summed E-state index contributed by atoms with van der Waals surface area (Å²) < 4.78 is 5.57. The molecule has 0 aromatic heterocycles. The van der Waals surface area contributed by atoms with Crippen molar-refractivity contribution in [3.05, 3.63) is 63.2 Å². The van der Waals surface area contributed by atoms with E-state index in [2.05, 4.69) is 10.6 Å². The monoisotopic (exact) mass is 361 g/mol. The number of nitro groups is 1. The first-order chi connectivity index (χ1) is 12.0. The highest BCUT2D eigenvalue weighted by atomic mass is 35.5. The van der Waals surface area contributed by atoms with Gasteiger partial charge in [0.05, 0.1) is 24.1 Å². The summed E-state index contributed by atoms with van der Waals surface area (Å²) in [6, 6.07) is 11.8. The number of nitrogens with one attached hydrogen (secondary N) is 2. The summed E-state index contributed by atoms with van der Waals surface area (Å²) in [5.41, 5.74) is 1.20. The maximum Gasteiger partial charge on any atom is 0.289 e. The Labute approximate surface area is 149 Å². The van der Waals surface area contributed by atoms with Crippen LogP contribution in [0.1, 0.15) is 18.0 Å². The molecule has 1 aliphatic rings. The van der Waals surface area contributed by atoms with Gasteiger partial charge in [0, 0.05) is 23.7 Å². The van der Waals surface area contributed by atoms with Crippen LogP contribution in [0.5, 0.6) is 5.75 Å². The van der Waals surface area contributed by atoms with Crippen LogP contribution in [0, 0.1) is 10.1 Å². The summed E-state index contributed by atoms with van der Waals surface area (Å²) in [6.07, 6.45) is 0.690. The van der Waals surface area contributed by atoms with Crippen molar-refractivity contribution in [2.75, 3.05) is 18.5 Å². The van der Waals surface area contributed by atoms with Crippen LogP contribution in [0.4, 0.5) is 11.4 Å². The molecule has 0 bridgehead atoms. The van der Waals surface area contributed by atoms with Gasteiger partial charge >= 0.3 is 0 Å². The molecule has 0 aliphatic carbocycles. The van der Waals surface area contributed by atoms with Gasteiger partial charge in [-0.05, 0) is 18.2 Å². The third-order valence-corrected chi connectivity index (χ3v) is 4.21. The molecule has 1 atom stereocenters. The van der Waals surface area contributed by atoms with Crippen LogP contribution >= 0.6 is 11.6 Å². The lowest BCUT2D eigenvalue weighted by Gasteiger charge is -2.26. The number of anilines is 1. The molecule has 0 saturated carbocycles. The van der Waals surface area contributed by atoms with Crippen LogP contribution in [0.25, 0.3) is 0 Å². The first-order valence-corrected chi connectivity index (χ1v) is 8.11. The second kappa shape index (κ2) is 7.40. The standard InChI is InChI=1S/C17H16ClN3O4/c18-13-6-5-11(9-15(13)21(23)24)19-10-17(22)20-14-7-8-25-16-4-2-1-3-12(14)16/h1-6,9,14,19H,7-8,10H2,(H,20,22). The molecule has 0 fully saturated rings. The zero-order chi connectivity index (χ0) is 17.8. The van der Waals surface area contributed by atoms with Gasteiger partial charge in [-0.25, -0.2) is 0 Å². The Morgan fingerprint density at radius 3 is 2.92 bits per heavy atom. The molecule has 0 saturated heterocycles. The number of nitro benzene ring substituents is 1. The molecule has 7 nitrogen and oxygen atoms in total. The predicted molar refractivity (Wildman–Crippen MR) is 94.0 cm³/mol. The number of hydrogen-bond acceptors (Lipinski definition) is 5. The Morgan fingerprint density at radius 1 is 1.32 bits per heavy atom. The molecule has 25 heavy (non-hydrogen) atoms. The molecule has 1 aliphatic heterocycles. The highest BCUT2D eigenvalue weighted by Gasteiger charge is 2.22. The van der Waals surface area contributed by atoms with Gasteiger partial charge in [-0.1, -0.05) is 29.8 Å². The lowest BCUT2D eigenvalue weighted by atomic mass is 10.0. The average molecular weight is 362 g/mol. The molecule has 1 amide bonds. The smallest absolute Gasteiger partial charge is 0.289 e. The lowest BCUT2D eigenvalue weighted by molar-refractivity contribution is -0.384. The van der Waals surface area contributed by atoms with Crippen LogP contribution in [0.2, 0.25) is 5.02 Å². The van der Waals surface area contributed by atoms with Crippen LogP contribution in [0.3, 0.4) is 0 Å².